The van der Waals surface area contributed by atoms with E-state index in [4.69, 9.17) is 16.3 Å². The monoisotopic (exact) mass is 668 g/mol. The summed E-state index contributed by atoms with van der Waals surface area (Å²) in [5.74, 6) is -2.84. The Morgan fingerprint density at radius 3 is 2.36 bits per heavy atom. The molecular weight excluding hydrogens is 645 g/mol. The van der Waals surface area contributed by atoms with Crippen molar-refractivity contribution < 1.29 is 27.5 Å². The molecule has 3 aromatic carbocycles. The van der Waals surface area contributed by atoms with Crippen LogP contribution in [0.15, 0.2) is 82.6 Å². The number of alkyl halides is 3. The van der Waals surface area contributed by atoms with Crippen LogP contribution in [0.3, 0.4) is 0 Å². The number of aromatic amines is 1. The van der Waals surface area contributed by atoms with E-state index in [-0.39, 0.29) is 40.4 Å². The average molecular weight is 669 g/mol. The molecule has 7 atom stereocenters. The van der Waals surface area contributed by atoms with Crippen LogP contribution in [0.2, 0.25) is 5.02 Å². The fraction of sp³-hybridized carbons (Fsp3) is 0.303. The highest BCUT2D eigenvalue weighted by molar-refractivity contribution is 8.00. The third kappa shape index (κ3) is 4.49. The van der Waals surface area contributed by atoms with Crippen molar-refractivity contribution >= 4 is 52.2 Å². The molecule has 8 rings (SSSR count). The zero-order valence-electron chi connectivity index (χ0n) is 23.3. The van der Waals surface area contributed by atoms with E-state index < -0.39 is 41.1 Å². The summed E-state index contributed by atoms with van der Waals surface area (Å²) < 4.78 is 48.3. The molecule has 12 heteroatoms. The minimum Gasteiger partial charge on any atom is -0.489 e. The van der Waals surface area contributed by atoms with Crippen molar-refractivity contribution in [2.75, 3.05) is 4.90 Å². The summed E-state index contributed by atoms with van der Waals surface area (Å²) in [5.41, 5.74) is 0.384. The first-order valence-corrected chi connectivity index (χ1v) is 16.6. The van der Waals surface area contributed by atoms with Gasteiger partial charge in [0.25, 0.3) is 0 Å². The number of para-hydroxylation sites is 2. The summed E-state index contributed by atoms with van der Waals surface area (Å²) in [7, 11) is 0. The number of halogens is 4. The number of carbonyl (C=O) groups is 2. The van der Waals surface area contributed by atoms with Gasteiger partial charge in [0.15, 0.2) is 0 Å². The molecule has 2 aliphatic heterocycles. The van der Waals surface area contributed by atoms with Crippen LogP contribution in [-0.4, -0.2) is 22.0 Å². The van der Waals surface area contributed by atoms with Crippen LogP contribution in [0.5, 0.6) is 5.75 Å². The molecule has 45 heavy (non-hydrogen) atoms. The molecule has 1 aromatic heterocycles. The van der Waals surface area contributed by atoms with Gasteiger partial charge in [0.05, 0.1) is 28.1 Å². The molecule has 4 aliphatic rings. The Balaban J connectivity index is 1.18. The molecule has 230 valence electrons. The van der Waals surface area contributed by atoms with Gasteiger partial charge in [-0.3, -0.25) is 14.4 Å². The summed E-state index contributed by atoms with van der Waals surface area (Å²) in [6.07, 6.45) is -4.11. The lowest BCUT2D eigenvalue weighted by atomic mass is 9.68. The number of benzene rings is 3. The van der Waals surface area contributed by atoms with Gasteiger partial charge in [0, 0.05) is 26.6 Å². The maximum absolute atomic E-state index is 14.0. The van der Waals surface area contributed by atoms with E-state index in [2.05, 4.69) is 4.98 Å². The Labute approximate surface area is 268 Å². The van der Waals surface area contributed by atoms with Crippen LogP contribution in [0, 0.1) is 29.6 Å². The number of hydrogen-bond donors (Lipinski definition) is 1. The van der Waals surface area contributed by atoms with E-state index in [0.29, 0.717) is 17.2 Å². The highest BCUT2D eigenvalue weighted by Crippen LogP contribution is 2.69. The predicted molar refractivity (Wildman–Crippen MR) is 165 cm³/mol. The molecule has 2 aliphatic carbocycles. The molecule has 3 heterocycles. The SMILES string of the molecule is O=C1C2C(C(=O)N1c1ccccc1C(F)(F)F)[C@@H]1C[C@H]2C2Sc3[nH]c(=O)sc3C(c3ccccc3OCc3ccc(Cl)cc3)C21. The highest BCUT2D eigenvalue weighted by atomic mass is 35.5. The topological polar surface area (TPSA) is 79.5 Å². The molecule has 2 amide bonds. The zero-order chi connectivity index (χ0) is 31.2. The van der Waals surface area contributed by atoms with Gasteiger partial charge in [-0.25, -0.2) is 4.90 Å². The van der Waals surface area contributed by atoms with Gasteiger partial charge < -0.3 is 9.72 Å². The lowest BCUT2D eigenvalue weighted by molar-refractivity contribution is -0.137. The number of imide groups is 1. The summed E-state index contributed by atoms with van der Waals surface area (Å²) in [6.45, 7) is 0.289. The quantitative estimate of drug-likeness (QED) is 0.225. The number of thioether (sulfide) groups is 1. The van der Waals surface area contributed by atoms with Crippen molar-refractivity contribution in [3.8, 4) is 5.75 Å². The third-order valence-electron chi connectivity index (χ3n) is 9.74. The summed E-state index contributed by atoms with van der Waals surface area (Å²) in [6, 6.07) is 19.8. The first-order valence-electron chi connectivity index (χ1n) is 14.5. The molecule has 0 radical (unpaired) electrons. The number of thiazole rings is 1. The number of nitrogens with one attached hydrogen (secondary N) is 1. The van der Waals surface area contributed by atoms with E-state index in [0.717, 1.165) is 43.3 Å². The first kappa shape index (κ1) is 28.9. The van der Waals surface area contributed by atoms with Gasteiger partial charge >= 0.3 is 11.0 Å². The highest BCUT2D eigenvalue weighted by Gasteiger charge is 2.70. The van der Waals surface area contributed by atoms with Gasteiger partial charge in [-0.05, 0) is 60.1 Å². The second-order valence-electron chi connectivity index (χ2n) is 11.9. The number of fused-ring (bicyclic) bond motifs is 9. The van der Waals surface area contributed by atoms with Crippen molar-refractivity contribution in [2.24, 2.45) is 29.6 Å². The van der Waals surface area contributed by atoms with Crippen molar-refractivity contribution in [3.63, 3.8) is 0 Å². The lowest BCUT2D eigenvalue weighted by Gasteiger charge is -2.43. The molecule has 6 nitrogen and oxygen atoms in total. The van der Waals surface area contributed by atoms with Crippen LogP contribution in [0.4, 0.5) is 18.9 Å². The van der Waals surface area contributed by atoms with Crippen LogP contribution < -0.4 is 14.5 Å². The molecule has 3 fully saturated rings. The van der Waals surface area contributed by atoms with Crippen LogP contribution in [0.25, 0.3) is 0 Å². The zero-order valence-corrected chi connectivity index (χ0v) is 25.7. The number of aromatic nitrogens is 1. The molecule has 0 spiro atoms. The first-order chi connectivity index (χ1) is 21.6. The van der Waals surface area contributed by atoms with Gasteiger partial charge in [-0.1, -0.05) is 65.4 Å². The average Bonchev–Trinajstić information content (AvgIpc) is 3.75. The number of hydrogen-bond acceptors (Lipinski definition) is 6. The van der Waals surface area contributed by atoms with Crippen LogP contribution >= 0.6 is 34.7 Å². The lowest BCUT2D eigenvalue weighted by Crippen LogP contribution is -2.42. The smallest absolute Gasteiger partial charge is 0.418 e. The second-order valence-corrected chi connectivity index (χ2v) is 14.6. The Morgan fingerprint density at radius 1 is 0.911 bits per heavy atom. The molecular formula is C33H24ClF3N2O4S2. The Hall–Kier alpha value is -3.54. The molecule has 4 aromatic rings. The second kappa shape index (κ2) is 10.5. The third-order valence-corrected chi connectivity index (χ3v) is 12.6. The van der Waals surface area contributed by atoms with Gasteiger partial charge in [-0.15, -0.1) is 11.8 Å². The van der Waals surface area contributed by atoms with Gasteiger partial charge in [0.2, 0.25) is 11.8 Å². The standard InChI is InChI=1S/C33H24ClF3N2O4S2/c34-16-11-9-15(10-12-16)14-43-22-8-4-1-5-17(22)23-24-18-13-19(27(24)44-29-28(23)45-32(42)38-29)26-25(18)30(40)39(31(26)41)21-7-3-2-6-20(21)33(35,36)37/h1-12,18-19,23-27H,13-14H2,(H,38,42)/t18-,19-,23?,24?,25?,26?,27?/m1/s1. The number of rotatable bonds is 5. The Kier molecular flexibility index (Phi) is 6.74. The fourth-order valence-corrected chi connectivity index (χ4v) is 11.1. The maximum atomic E-state index is 14.0. The summed E-state index contributed by atoms with van der Waals surface area (Å²) in [5, 5.41) is 1.25. The predicted octanol–water partition coefficient (Wildman–Crippen LogP) is 7.37. The van der Waals surface area contributed by atoms with E-state index in [9.17, 15) is 27.6 Å². The van der Waals surface area contributed by atoms with E-state index >= 15 is 0 Å². The minimum absolute atomic E-state index is 0.113. The van der Waals surface area contributed by atoms with Crippen molar-refractivity contribution in [2.45, 2.75) is 35.4 Å². The summed E-state index contributed by atoms with van der Waals surface area (Å²) >= 11 is 8.71. The minimum atomic E-state index is -4.72. The van der Waals surface area contributed by atoms with Gasteiger partial charge in [0.1, 0.15) is 12.4 Å². The normalized spacial score (nSPS) is 28.3. The molecule has 1 N–H and O–H groups in total. The number of ether oxygens (including phenoxy) is 1. The Bertz CT molecular complexity index is 1910. The molecule has 2 bridgehead atoms. The molecule has 1 saturated heterocycles. The van der Waals surface area contributed by atoms with Crippen molar-refractivity contribution in [1.82, 2.24) is 4.98 Å². The van der Waals surface area contributed by atoms with Crippen molar-refractivity contribution in [1.29, 1.82) is 0 Å². The van der Waals surface area contributed by atoms with Crippen LogP contribution in [-0.2, 0) is 22.4 Å². The van der Waals surface area contributed by atoms with E-state index in [1.807, 2.05) is 36.4 Å². The van der Waals surface area contributed by atoms with E-state index in [1.165, 1.54) is 30.0 Å². The largest absolute Gasteiger partial charge is 0.489 e. The number of anilines is 1. The van der Waals surface area contributed by atoms with E-state index in [1.54, 1.807) is 12.1 Å². The molecule has 2 saturated carbocycles. The van der Waals surface area contributed by atoms with Gasteiger partial charge in [-0.2, -0.15) is 13.2 Å². The number of nitrogens with zero attached hydrogens (tertiary/aromatic N) is 1. The number of amides is 2. The number of carbonyl (C=O) groups excluding carboxylic acids is 2. The number of H-pyrrole nitrogens is 1. The Morgan fingerprint density at radius 2 is 1.60 bits per heavy atom. The maximum Gasteiger partial charge on any atom is 0.418 e. The van der Waals surface area contributed by atoms with Crippen molar-refractivity contribution in [3.05, 3.63) is 109 Å². The summed E-state index contributed by atoms with van der Waals surface area (Å²) in [4.78, 5) is 45.0. The molecule has 5 unspecified atom stereocenters. The van der Waals surface area contributed by atoms with Crippen LogP contribution in [0.1, 0.15) is 33.9 Å². The fourth-order valence-electron chi connectivity index (χ4n) is 8.12.